The molecule has 3 rings (SSSR count). The molecule has 2 aliphatic rings. The predicted octanol–water partition coefficient (Wildman–Crippen LogP) is 3.77. The zero-order chi connectivity index (χ0) is 16.2. The van der Waals surface area contributed by atoms with Gasteiger partial charge in [0.15, 0.2) is 0 Å². The van der Waals surface area contributed by atoms with Gasteiger partial charge in [-0.1, -0.05) is 18.0 Å². The average molecular weight is 339 g/mol. The second kappa shape index (κ2) is 7.41. The molecule has 0 radical (unpaired) electrons. The van der Waals surface area contributed by atoms with Crippen LogP contribution in [0, 0.1) is 5.92 Å². The van der Waals surface area contributed by atoms with E-state index in [0.717, 1.165) is 0 Å². The molecular weight excluding hydrogens is 316 g/mol. The number of anilines is 1. The van der Waals surface area contributed by atoms with Crippen LogP contribution in [0.15, 0.2) is 18.2 Å². The Balaban J connectivity index is 1.64. The Kier molecular flexibility index (Phi) is 5.28. The zero-order valence-corrected chi connectivity index (χ0v) is 14.1. The normalized spacial score (nSPS) is 21.7. The summed E-state index contributed by atoms with van der Waals surface area (Å²) in [7, 11) is 0. The van der Waals surface area contributed by atoms with Crippen molar-refractivity contribution >= 4 is 23.3 Å². The van der Waals surface area contributed by atoms with Gasteiger partial charge >= 0.3 is 6.03 Å². The molecule has 1 atom stereocenters. The second-order valence-electron chi connectivity index (χ2n) is 6.31. The lowest BCUT2D eigenvalue weighted by atomic mass is 9.86. The van der Waals surface area contributed by atoms with E-state index in [1.807, 2.05) is 13.0 Å². The molecule has 0 spiro atoms. The molecule has 126 valence electrons. The first-order valence-electron chi connectivity index (χ1n) is 8.21. The molecule has 0 bridgehead atoms. The molecule has 6 heteroatoms. The highest BCUT2D eigenvalue weighted by Crippen LogP contribution is 2.32. The SMILES string of the molecule is C[C@@H]1CN(C(=O)Nc2cc(Cl)ccc2OCC2CCC2)CCO1. The van der Waals surface area contributed by atoms with Crippen LogP contribution in [0.3, 0.4) is 0 Å². The van der Waals surface area contributed by atoms with Crippen molar-refractivity contribution in [2.24, 2.45) is 5.92 Å². The monoisotopic (exact) mass is 338 g/mol. The van der Waals surface area contributed by atoms with E-state index in [-0.39, 0.29) is 12.1 Å². The Morgan fingerprint density at radius 3 is 3.00 bits per heavy atom. The van der Waals surface area contributed by atoms with Crippen molar-refractivity contribution in [2.75, 3.05) is 31.6 Å². The number of carbonyl (C=O) groups is 1. The number of ether oxygens (including phenoxy) is 2. The number of nitrogens with zero attached hydrogens (tertiary/aromatic N) is 1. The molecule has 1 N–H and O–H groups in total. The quantitative estimate of drug-likeness (QED) is 0.909. The number of hydrogen-bond acceptors (Lipinski definition) is 3. The van der Waals surface area contributed by atoms with Crippen molar-refractivity contribution in [2.45, 2.75) is 32.3 Å². The maximum Gasteiger partial charge on any atom is 0.322 e. The number of halogens is 1. The molecule has 1 saturated carbocycles. The van der Waals surface area contributed by atoms with Crippen molar-refractivity contribution < 1.29 is 14.3 Å². The molecule has 0 aromatic heterocycles. The number of nitrogens with one attached hydrogen (secondary N) is 1. The number of morpholine rings is 1. The van der Waals surface area contributed by atoms with Crippen LogP contribution in [0.4, 0.5) is 10.5 Å². The molecule has 23 heavy (non-hydrogen) atoms. The first-order valence-corrected chi connectivity index (χ1v) is 8.59. The van der Waals surface area contributed by atoms with Crippen LogP contribution in [-0.4, -0.2) is 43.3 Å². The highest BCUT2D eigenvalue weighted by molar-refractivity contribution is 6.31. The molecule has 2 fully saturated rings. The van der Waals surface area contributed by atoms with Gasteiger partial charge in [-0.15, -0.1) is 0 Å². The zero-order valence-electron chi connectivity index (χ0n) is 13.4. The summed E-state index contributed by atoms with van der Waals surface area (Å²) in [5.74, 6) is 1.31. The minimum atomic E-state index is -0.143. The van der Waals surface area contributed by atoms with Crippen LogP contribution in [0.2, 0.25) is 5.02 Å². The summed E-state index contributed by atoms with van der Waals surface area (Å²) in [6, 6.07) is 5.19. The van der Waals surface area contributed by atoms with Gasteiger partial charge in [0.1, 0.15) is 5.75 Å². The summed E-state index contributed by atoms with van der Waals surface area (Å²) in [6.45, 7) is 4.40. The summed E-state index contributed by atoms with van der Waals surface area (Å²) in [6.07, 6.45) is 3.79. The topological polar surface area (TPSA) is 50.8 Å². The van der Waals surface area contributed by atoms with Crippen LogP contribution in [0.25, 0.3) is 0 Å². The number of amides is 2. The van der Waals surface area contributed by atoms with Gasteiger partial charge in [0.25, 0.3) is 0 Å². The number of rotatable bonds is 4. The Hall–Kier alpha value is -1.46. The largest absolute Gasteiger partial charge is 0.491 e. The smallest absolute Gasteiger partial charge is 0.322 e. The maximum atomic E-state index is 12.4. The number of urea groups is 1. The number of hydrogen-bond donors (Lipinski definition) is 1. The van der Waals surface area contributed by atoms with Gasteiger partial charge in [0.05, 0.1) is 25.0 Å². The Morgan fingerprint density at radius 1 is 1.48 bits per heavy atom. The average Bonchev–Trinajstić information content (AvgIpc) is 2.47. The fourth-order valence-corrected chi connectivity index (χ4v) is 2.96. The summed E-state index contributed by atoms with van der Waals surface area (Å²) >= 11 is 6.07. The molecule has 1 aromatic carbocycles. The lowest BCUT2D eigenvalue weighted by Crippen LogP contribution is -2.46. The highest BCUT2D eigenvalue weighted by Gasteiger charge is 2.23. The Bertz CT molecular complexity index is 563. The predicted molar refractivity (Wildman–Crippen MR) is 90.3 cm³/mol. The fraction of sp³-hybridized carbons (Fsp3) is 0.588. The van der Waals surface area contributed by atoms with Crippen LogP contribution in [0.5, 0.6) is 5.75 Å². The van der Waals surface area contributed by atoms with Gasteiger partial charge in [-0.3, -0.25) is 0 Å². The summed E-state index contributed by atoms with van der Waals surface area (Å²) < 4.78 is 11.4. The highest BCUT2D eigenvalue weighted by atomic mass is 35.5. The maximum absolute atomic E-state index is 12.4. The minimum absolute atomic E-state index is 0.0585. The number of carbonyl (C=O) groups excluding carboxylic acids is 1. The van der Waals surface area contributed by atoms with Crippen LogP contribution in [-0.2, 0) is 4.74 Å². The molecule has 1 heterocycles. The van der Waals surface area contributed by atoms with Crippen LogP contribution >= 0.6 is 11.6 Å². The molecule has 1 aliphatic heterocycles. The summed E-state index contributed by atoms with van der Waals surface area (Å²) in [5, 5.41) is 3.50. The molecule has 5 nitrogen and oxygen atoms in total. The van der Waals surface area contributed by atoms with Gasteiger partial charge in [0.2, 0.25) is 0 Å². The molecule has 1 saturated heterocycles. The third-order valence-electron chi connectivity index (χ3n) is 4.41. The summed E-state index contributed by atoms with van der Waals surface area (Å²) in [4.78, 5) is 14.2. The van der Waals surface area contributed by atoms with Gasteiger partial charge in [-0.25, -0.2) is 4.79 Å². The minimum Gasteiger partial charge on any atom is -0.491 e. The van der Waals surface area contributed by atoms with E-state index in [2.05, 4.69) is 5.32 Å². The molecular formula is C17H23ClN2O3. The van der Waals surface area contributed by atoms with Gasteiger partial charge in [-0.05, 0) is 43.9 Å². The van der Waals surface area contributed by atoms with E-state index < -0.39 is 0 Å². The van der Waals surface area contributed by atoms with Crippen molar-refractivity contribution in [3.63, 3.8) is 0 Å². The van der Waals surface area contributed by atoms with Crippen molar-refractivity contribution in [1.29, 1.82) is 0 Å². The standard InChI is InChI=1S/C17H23ClN2O3/c1-12-10-20(7-8-22-12)17(21)19-15-9-14(18)5-6-16(15)23-11-13-3-2-4-13/h5-6,9,12-13H,2-4,7-8,10-11H2,1H3,(H,19,21)/t12-/m1/s1. The van der Waals surface area contributed by atoms with Crippen molar-refractivity contribution in [3.8, 4) is 5.75 Å². The van der Waals surface area contributed by atoms with E-state index in [9.17, 15) is 4.79 Å². The van der Waals surface area contributed by atoms with E-state index in [1.54, 1.807) is 17.0 Å². The lowest BCUT2D eigenvalue weighted by molar-refractivity contribution is -0.00139. The van der Waals surface area contributed by atoms with E-state index in [4.69, 9.17) is 21.1 Å². The summed E-state index contributed by atoms with van der Waals surface area (Å²) in [5.41, 5.74) is 0.626. The third kappa shape index (κ3) is 4.30. The van der Waals surface area contributed by atoms with Gasteiger partial charge < -0.3 is 19.7 Å². The van der Waals surface area contributed by atoms with Gasteiger partial charge in [0, 0.05) is 18.1 Å². The van der Waals surface area contributed by atoms with E-state index in [1.165, 1.54) is 19.3 Å². The molecule has 2 amide bonds. The van der Waals surface area contributed by atoms with Crippen molar-refractivity contribution in [1.82, 2.24) is 4.90 Å². The van der Waals surface area contributed by atoms with Crippen LogP contribution < -0.4 is 10.1 Å². The van der Waals surface area contributed by atoms with E-state index >= 15 is 0 Å². The molecule has 0 unspecified atom stereocenters. The third-order valence-corrected chi connectivity index (χ3v) is 4.65. The van der Waals surface area contributed by atoms with Crippen LogP contribution in [0.1, 0.15) is 26.2 Å². The second-order valence-corrected chi connectivity index (χ2v) is 6.74. The van der Waals surface area contributed by atoms with E-state index in [0.29, 0.717) is 48.7 Å². The van der Waals surface area contributed by atoms with Crippen molar-refractivity contribution in [3.05, 3.63) is 23.2 Å². The number of benzene rings is 1. The lowest BCUT2D eigenvalue weighted by Gasteiger charge is -2.31. The molecule has 1 aliphatic carbocycles. The molecule has 1 aromatic rings. The first kappa shape index (κ1) is 16.4. The Labute approximate surface area is 141 Å². The van der Waals surface area contributed by atoms with Gasteiger partial charge in [-0.2, -0.15) is 0 Å². The Morgan fingerprint density at radius 2 is 2.30 bits per heavy atom. The fourth-order valence-electron chi connectivity index (χ4n) is 2.79. The first-order chi connectivity index (χ1) is 11.1.